The molecule has 1 N–H and O–H groups in total. The molecule has 0 bridgehead atoms. The Balaban J connectivity index is 1.59. The number of hydrogen-bond donors (Lipinski definition) is 1. The number of aromatic nitrogens is 2. The van der Waals surface area contributed by atoms with Crippen molar-refractivity contribution in [2.45, 2.75) is 11.7 Å². The number of rotatable bonds is 3. The van der Waals surface area contributed by atoms with Crippen molar-refractivity contribution in [3.8, 4) is 22.8 Å². The third-order valence-corrected chi connectivity index (χ3v) is 4.97. The van der Waals surface area contributed by atoms with Crippen molar-refractivity contribution >= 4 is 17.8 Å². The Morgan fingerprint density at radius 3 is 2.80 bits per heavy atom. The average molecular weight is 354 g/mol. The summed E-state index contributed by atoms with van der Waals surface area (Å²) >= 11 is 1.56. The van der Waals surface area contributed by atoms with E-state index in [9.17, 15) is 9.50 Å². The predicted octanol–water partition coefficient (Wildman–Crippen LogP) is 4.55. The largest absolute Gasteiger partial charge is 0.502 e. The second-order valence-corrected chi connectivity index (χ2v) is 6.76. The quantitative estimate of drug-likeness (QED) is 0.750. The number of halogens is 1. The molecule has 0 fully saturated rings. The van der Waals surface area contributed by atoms with Gasteiger partial charge < -0.3 is 14.4 Å². The minimum absolute atomic E-state index is 0.124. The lowest BCUT2D eigenvalue weighted by molar-refractivity contribution is 0.357. The first-order chi connectivity index (χ1) is 12.1. The molecule has 1 aliphatic rings. The molecule has 1 aliphatic heterocycles. The molecule has 0 aliphatic carbocycles. The zero-order chi connectivity index (χ0) is 17.4. The molecular formula is C19H15FN2O2S. The molecule has 2 aromatic carbocycles. The van der Waals surface area contributed by atoms with Gasteiger partial charge in [0.1, 0.15) is 0 Å². The summed E-state index contributed by atoms with van der Waals surface area (Å²) in [5.41, 5.74) is 2.67. The molecule has 0 atom stereocenters. The summed E-state index contributed by atoms with van der Waals surface area (Å²) < 4.78 is 20.8. The van der Waals surface area contributed by atoms with Crippen LogP contribution in [0.1, 0.15) is 5.56 Å². The number of phenolic OH excluding ortho intramolecular Hbond substituents is 1. The molecule has 0 saturated carbocycles. The van der Waals surface area contributed by atoms with Crippen LogP contribution < -0.4 is 4.74 Å². The van der Waals surface area contributed by atoms with Crippen LogP contribution in [0.3, 0.4) is 0 Å². The smallest absolute Gasteiger partial charge is 0.194 e. The number of aromatic hydroxyl groups is 1. The Bertz CT molecular complexity index is 942. The molecular weight excluding hydrogens is 339 g/mol. The number of thioether (sulfide) groups is 1. The molecule has 3 aromatic rings. The first-order valence-electron chi connectivity index (χ1n) is 7.71. The minimum atomic E-state index is -0.696. The monoisotopic (exact) mass is 354 g/mol. The zero-order valence-corrected chi connectivity index (χ0v) is 14.3. The van der Waals surface area contributed by atoms with Gasteiger partial charge in [0.2, 0.25) is 0 Å². The molecule has 0 saturated heterocycles. The van der Waals surface area contributed by atoms with E-state index in [-0.39, 0.29) is 5.75 Å². The van der Waals surface area contributed by atoms with Crippen molar-refractivity contribution in [2.24, 2.45) is 0 Å². The Morgan fingerprint density at radius 1 is 1.28 bits per heavy atom. The van der Waals surface area contributed by atoms with E-state index in [0.717, 1.165) is 21.3 Å². The molecule has 4 nitrogen and oxygen atoms in total. The highest BCUT2D eigenvalue weighted by Crippen LogP contribution is 2.39. The van der Waals surface area contributed by atoms with Crippen molar-refractivity contribution in [2.75, 3.05) is 7.11 Å². The van der Waals surface area contributed by atoms with Crippen molar-refractivity contribution in [1.29, 1.82) is 0 Å². The second-order valence-electron chi connectivity index (χ2n) is 5.67. The van der Waals surface area contributed by atoms with Crippen molar-refractivity contribution in [3.05, 3.63) is 64.9 Å². The average Bonchev–Trinajstić information content (AvgIpc) is 3.17. The summed E-state index contributed by atoms with van der Waals surface area (Å²) in [6.45, 7) is 0.685. The van der Waals surface area contributed by atoms with Crippen molar-refractivity contribution in [1.82, 2.24) is 9.55 Å². The number of imidazole rings is 1. The van der Waals surface area contributed by atoms with Crippen LogP contribution in [0.5, 0.6) is 11.5 Å². The summed E-state index contributed by atoms with van der Waals surface area (Å²) in [5.74, 6) is -1.04. The van der Waals surface area contributed by atoms with E-state index in [1.165, 1.54) is 13.2 Å². The molecule has 25 heavy (non-hydrogen) atoms. The summed E-state index contributed by atoms with van der Waals surface area (Å²) in [4.78, 5) is 5.71. The van der Waals surface area contributed by atoms with E-state index >= 15 is 0 Å². The molecule has 0 unspecified atom stereocenters. The summed E-state index contributed by atoms with van der Waals surface area (Å²) in [7, 11) is 1.40. The molecule has 2 heterocycles. The zero-order valence-electron chi connectivity index (χ0n) is 13.4. The van der Waals surface area contributed by atoms with Crippen LogP contribution in [0.2, 0.25) is 0 Å². The predicted molar refractivity (Wildman–Crippen MR) is 96.1 cm³/mol. The van der Waals surface area contributed by atoms with Gasteiger partial charge in [-0.15, -0.1) is 0 Å². The Labute approximate surface area is 148 Å². The summed E-state index contributed by atoms with van der Waals surface area (Å²) in [6, 6.07) is 12.9. The second kappa shape index (κ2) is 6.29. The maximum absolute atomic E-state index is 13.8. The van der Waals surface area contributed by atoms with E-state index in [0.29, 0.717) is 12.1 Å². The van der Waals surface area contributed by atoms with E-state index in [1.54, 1.807) is 17.8 Å². The molecule has 4 rings (SSSR count). The van der Waals surface area contributed by atoms with Crippen LogP contribution in [0, 0.1) is 5.82 Å². The highest BCUT2D eigenvalue weighted by Gasteiger charge is 2.20. The van der Waals surface area contributed by atoms with Gasteiger partial charge in [0.25, 0.3) is 0 Å². The van der Waals surface area contributed by atoms with Gasteiger partial charge in [0, 0.05) is 16.7 Å². The summed E-state index contributed by atoms with van der Waals surface area (Å²) in [5, 5.41) is 10.5. The SMILES string of the molecule is COc1cc(/C=C2/Cn3cc(-c4ccccc4)nc3S2)cc(F)c1O. The van der Waals surface area contributed by atoms with Gasteiger partial charge in [-0.1, -0.05) is 42.1 Å². The van der Waals surface area contributed by atoms with Crippen LogP contribution in [0.25, 0.3) is 17.3 Å². The number of fused-ring (bicyclic) bond motifs is 1. The Morgan fingerprint density at radius 2 is 2.08 bits per heavy atom. The number of nitrogens with zero attached hydrogens (tertiary/aromatic N) is 2. The van der Waals surface area contributed by atoms with Gasteiger partial charge >= 0.3 is 0 Å². The van der Waals surface area contributed by atoms with Crippen LogP contribution >= 0.6 is 11.8 Å². The number of hydrogen-bond acceptors (Lipinski definition) is 4. The molecule has 0 spiro atoms. The Kier molecular flexibility index (Phi) is 3.97. The van der Waals surface area contributed by atoms with Gasteiger partial charge in [-0.05, 0) is 23.8 Å². The number of ether oxygens (including phenoxy) is 1. The van der Waals surface area contributed by atoms with E-state index < -0.39 is 11.6 Å². The highest BCUT2D eigenvalue weighted by atomic mass is 32.2. The van der Waals surface area contributed by atoms with Crippen molar-refractivity contribution < 1.29 is 14.2 Å². The molecule has 1 aromatic heterocycles. The van der Waals surface area contributed by atoms with Crippen LogP contribution in [0.4, 0.5) is 4.39 Å². The maximum Gasteiger partial charge on any atom is 0.194 e. The molecule has 0 radical (unpaired) electrons. The molecule has 0 amide bonds. The number of methoxy groups -OCH3 is 1. The van der Waals surface area contributed by atoms with E-state index in [4.69, 9.17) is 4.74 Å². The first kappa shape index (κ1) is 15.8. The van der Waals surface area contributed by atoms with Crippen LogP contribution in [0.15, 0.2) is 58.7 Å². The van der Waals surface area contributed by atoms with Gasteiger partial charge in [-0.3, -0.25) is 0 Å². The fraction of sp³-hybridized carbons (Fsp3) is 0.105. The van der Waals surface area contributed by atoms with Crippen molar-refractivity contribution in [3.63, 3.8) is 0 Å². The number of allylic oxidation sites excluding steroid dienone is 1. The number of phenols is 1. The lowest BCUT2D eigenvalue weighted by Crippen LogP contribution is -1.91. The van der Waals surface area contributed by atoms with Gasteiger partial charge in [0.05, 0.1) is 19.3 Å². The lowest BCUT2D eigenvalue weighted by Gasteiger charge is -2.06. The van der Waals surface area contributed by atoms with Crippen LogP contribution in [-0.4, -0.2) is 21.8 Å². The lowest BCUT2D eigenvalue weighted by atomic mass is 10.1. The highest BCUT2D eigenvalue weighted by molar-refractivity contribution is 8.03. The third-order valence-electron chi connectivity index (χ3n) is 3.96. The van der Waals surface area contributed by atoms with Gasteiger partial charge in [0.15, 0.2) is 22.5 Å². The first-order valence-corrected chi connectivity index (χ1v) is 8.53. The standard InChI is InChI=1S/C19H15FN2O2S/c1-24-17-9-12(8-15(20)18(17)23)7-14-10-22-11-16(21-19(22)25-14)13-5-3-2-4-6-13/h2-9,11,23H,10H2,1H3/b14-7-. The normalized spacial score (nSPS) is 14.7. The molecule has 6 heteroatoms. The maximum atomic E-state index is 13.8. The van der Waals surface area contributed by atoms with E-state index in [1.807, 2.05) is 42.6 Å². The fourth-order valence-electron chi connectivity index (χ4n) is 2.75. The topological polar surface area (TPSA) is 47.3 Å². The third kappa shape index (κ3) is 3.00. The Hall–Kier alpha value is -2.73. The van der Waals surface area contributed by atoms with Gasteiger partial charge in [-0.2, -0.15) is 0 Å². The van der Waals surface area contributed by atoms with Crippen LogP contribution in [-0.2, 0) is 6.54 Å². The summed E-state index contributed by atoms with van der Waals surface area (Å²) in [6.07, 6.45) is 3.91. The number of benzene rings is 2. The van der Waals surface area contributed by atoms with Gasteiger partial charge in [-0.25, -0.2) is 9.37 Å². The molecule has 126 valence electrons. The fourth-order valence-corrected chi connectivity index (χ4v) is 3.76. The van der Waals surface area contributed by atoms with E-state index in [2.05, 4.69) is 9.55 Å². The minimum Gasteiger partial charge on any atom is -0.502 e.